The van der Waals surface area contributed by atoms with Crippen molar-refractivity contribution in [1.29, 1.82) is 0 Å². The van der Waals surface area contributed by atoms with Crippen molar-refractivity contribution in [3.05, 3.63) is 0 Å². The van der Waals surface area contributed by atoms with Gasteiger partial charge < -0.3 is 10.4 Å². The number of rotatable bonds is 10. The van der Waals surface area contributed by atoms with Crippen LogP contribution in [0.1, 0.15) is 54.4 Å². The summed E-state index contributed by atoms with van der Waals surface area (Å²) in [7, 11) is 0. The van der Waals surface area contributed by atoms with Gasteiger partial charge in [-0.05, 0) is 32.2 Å². The maximum atomic E-state index is 11.5. The van der Waals surface area contributed by atoms with E-state index in [9.17, 15) is 9.90 Å². The Morgan fingerprint density at radius 2 is 1.79 bits per heavy atom. The molecule has 0 fully saturated rings. The van der Waals surface area contributed by atoms with Crippen LogP contribution >= 0.6 is 0 Å². The van der Waals surface area contributed by atoms with Crippen LogP contribution in [-0.2, 0) is 4.79 Å². The number of likely N-dealkylation sites (N-methyl/N-ethyl adjacent to an activating group) is 1. The first-order chi connectivity index (χ1) is 8.80. The fourth-order valence-corrected chi connectivity index (χ4v) is 2.61. The van der Waals surface area contributed by atoms with Crippen molar-refractivity contribution in [3.8, 4) is 0 Å². The molecule has 0 aliphatic heterocycles. The van der Waals surface area contributed by atoms with Crippen molar-refractivity contribution in [1.82, 2.24) is 10.2 Å². The van der Waals surface area contributed by atoms with Gasteiger partial charge in [0.2, 0.25) is 0 Å². The van der Waals surface area contributed by atoms with Gasteiger partial charge in [-0.3, -0.25) is 9.69 Å². The molecule has 0 amide bonds. The zero-order chi connectivity index (χ0) is 15.1. The highest BCUT2D eigenvalue weighted by molar-refractivity contribution is 5.78. The predicted molar refractivity (Wildman–Crippen MR) is 80.5 cm³/mol. The molecule has 114 valence electrons. The van der Waals surface area contributed by atoms with Gasteiger partial charge in [0, 0.05) is 19.1 Å². The molecule has 0 saturated carbocycles. The summed E-state index contributed by atoms with van der Waals surface area (Å²) < 4.78 is 0. The summed E-state index contributed by atoms with van der Waals surface area (Å²) in [5, 5.41) is 12.6. The Morgan fingerprint density at radius 1 is 1.26 bits per heavy atom. The molecule has 0 aliphatic carbocycles. The first-order valence-electron chi connectivity index (χ1n) is 7.53. The number of hydrogen-bond acceptors (Lipinski definition) is 3. The Balaban J connectivity index is 4.99. The number of nitrogens with zero attached hydrogens (tertiary/aromatic N) is 1. The molecule has 0 aliphatic rings. The lowest BCUT2D eigenvalue weighted by Crippen LogP contribution is -2.58. The maximum absolute atomic E-state index is 11.5. The summed E-state index contributed by atoms with van der Waals surface area (Å²) in [6, 6.07) is 0.458. The van der Waals surface area contributed by atoms with E-state index in [1.54, 1.807) is 6.92 Å². The van der Waals surface area contributed by atoms with Crippen molar-refractivity contribution in [2.45, 2.75) is 66.0 Å². The largest absolute Gasteiger partial charge is 0.480 e. The standard InChI is InChI=1S/C15H32N2O2/c1-7-13(8-2)17(10-12(4)5)11-15(6,14(18)19)16-9-3/h12-13,16H,7-11H2,1-6H3,(H,18,19). The van der Waals surface area contributed by atoms with E-state index in [4.69, 9.17) is 0 Å². The molecule has 0 saturated heterocycles. The van der Waals surface area contributed by atoms with E-state index in [2.05, 4.69) is 37.9 Å². The van der Waals surface area contributed by atoms with Crippen LogP contribution in [0.15, 0.2) is 0 Å². The molecule has 0 radical (unpaired) electrons. The summed E-state index contributed by atoms with van der Waals surface area (Å²) >= 11 is 0. The van der Waals surface area contributed by atoms with Crippen LogP contribution in [-0.4, -0.2) is 47.2 Å². The fourth-order valence-electron chi connectivity index (χ4n) is 2.61. The Labute approximate surface area is 118 Å². The second-order valence-electron chi connectivity index (χ2n) is 5.96. The molecule has 1 unspecified atom stereocenters. The minimum atomic E-state index is -0.869. The van der Waals surface area contributed by atoms with Crippen molar-refractivity contribution in [2.75, 3.05) is 19.6 Å². The first-order valence-corrected chi connectivity index (χ1v) is 7.53. The lowest BCUT2D eigenvalue weighted by molar-refractivity contribution is -0.145. The Morgan fingerprint density at radius 3 is 2.11 bits per heavy atom. The number of carboxylic acids is 1. The molecule has 0 aromatic carbocycles. The van der Waals surface area contributed by atoms with E-state index in [0.717, 1.165) is 19.4 Å². The van der Waals surface area contributed by atoms with Gasteiger partial charge in [0.15, 0.2) is 0 Å². The average molecular weight is 272 g/mol. The van der Waals surface area contributed by atoms with Crippen LogP contribution < -0.4 is 5.32 Å². The molecular weight excluding hydrogens is 240 g/mol. The Hall–Kier alpha value is -0.610. The number of hydrogen-bond donors (Lipinski definition) is 2. The molecule has 19 heavy (non-hydrogen) atoms. The average Bonchev–Trinajstić information content (AvgIpc) is 2.29. The van der Waals surface area contributed by atoms with Gasteiger partial charge in [-0.15, -0.1) is 0 Å². The second kappa shape index (κ2) is 8.54. The van der Waals surface area contributed by atoms with Crippen LogP contribution in [0.5, 0.6) is 0 Å². The number of aliphatic carboxylic acids is 1. The van der Waals surface area contributed by atoms with E-state index in [1.807, 2.05) is 6.92 Å². The Kier molecular flexibility index (Phi) is 8.26. The van der Waals surface area contributed by atoms with Crippen molar-refractivity contribution in [2.24, 2.45) is 5.92 Å². The molecule has 0 aromatic rings. The van der Waals surface area contributed by atoms with Gasteiger partial charge in [0.05, 0.1) is 0 Å². The lowest BCUT2D eigenvalue weighted by atomic mass is 9.98. The molecule has 0 rings (SSSR count). The van der Waals surface area contributed by atoms with Crippen LogP contribution in [0.3, 0.4) is 0 Å². The summed E-state index contributed by atoms with van der Waals surface area (Å²) in [5.74, 6) is -0.227. The van der Waals surface area contributed by atoms with Gasteiger partial charge in [-0.2, -0.15) is 0 Å². The minimum absolute atomic E-state index is 0.458. The summed E-state index contributed by atoms with van der Waals surface area (Å²) in [6.45, 7) is 14.6. The zero-order valence-electron chi connectivity index (χ0n) is 13.5. The highest BCUT2D eigenvalue weighted by Crippen LogP contribution is 2.16. The fraction of sp³-hybridized carbons (Fsp3) is 0.933. The third-order valence-electron chi connectivity index (χ3n) is 3.62. The molecule has 1 atom stereocenters. The van der Waals surface area contributed by atoms with E-state index in [1.165, 1.54) is 0 Å². The van der Waals surface area contributed by atoms with Crippen LogP contribution in [0.4, 0.5) is 0 Å². The summed E-state index contributed by atoms with van der Waals surface area (Å²) in [5.41, 5.74) is -0.869. The number of carboxylic acid groups (broad SMARTS) is 1. The molecule has 2 N–H and O–H groups in total. The van der Waals surface area contributed by atoms with E-state index < -0.39 is 11.5 Å². The van der Waals surface area contributed by atoms with Crippen LogP contribution in [0.25, 0.3) is 0 Å². The molecule has 0 heterocycles. The predicted octanol–water partition coefficient (Wildman–Crippen LogP) is 2.59. The molecule has 0 aromatic heterocycles. The topological polar surface area (TPSA) is 52.6 Å². The molecule has 4 heteroatoms. The van der Waals surface area contributed by atoms with Gasteiger partial charge in [-0.25, -0.2) is 0 Å². The van der Waals surface area contributed by atoms with E-state index in [0.29, 0.717) is 25.0 Å². The van der Waals surface area contributed by atoms with Gasteiger partial charge in [-0.1, -0.05) is 34.6 Å². The normalized spacial score (nSPS) is 15.2. The Bertz CT molecular complexity index is 265. The number of nitrogens with one attached hydrogen (secondary N) is 1. The molecule has 0 spiro atoms. The van der Waals surface area contributed by atoms with Crippen LogP contribution in [0.2, 0.25) is 0 Å². The van der Waals surface area contributed by atoms with E-state index >= 15 is 0 Å². The molecule has 4 nitrogen and oxygen atoms in total. The van der Waals surface area contributed by atoms with Gasteiger partial charge in [0.25, 0.3) is 0 Å². The van der Waals surface area contributed by atoms with Crippen molar-refractivity contribution < 1.29 is 9.90 Å². The van der Waals surface area contributed by atoms with Gasteiger partial charge in [0.1, 0.15) is 5.54 Å². The van der Waals surface area contributed by atoms with Crippen molar-refractivity contribution in [3.63, 3.8) is 0 Å². The van der Waals surface area contributed by atoms with Crippen molar-refractivity contribution >= 4 is 5.97 Å². The highest BCUT2D eigenvalue weighted by atomic mass is 16.4. The summed E-state index contributed by atoms with van der Waals surface area (Å²) in [4.78, 5) is 13.9. The maximum Gasteiger partial charge on any atom is 0.324 e. The van der Waals surface area contributed by atoms with Crippen LogP contribution in [0, 0.1) is 5.92 Å². The first kappa shape index (κ1) is 18.4. The lowest BCUT2D eigenvalue weighted by Gasteiger charge is -2.38. The number of carbonyl (C=O) groups is 1. The third kappa shape index (κ3) is 5.91. The molecular formula is C15H32N2O2. The van der Waals surface area contributed by atoms with E-state index in [-0.39, 0.29) is 0 Å². The SMILES string of the molecule is CCNC(C)(CN(CC(C)C)C(CC)CC)C(=O)O. The second-order valence-corrected chi connectivity index (χ2v) is 5.96. The zero-order valence-corrected chi connectivity index (χ0v) is 13.5. The summed E-state index contributed by atoms with van der Waals surface area (Å²) in [6.07, 6.45) is 2.12. The monoisotopic (exact) mass is 272 g/mol. The minimum Gasteiger partial charge on any atom is -0.480 e. The highest BCUT2D eigenvalue weighted by Gasteiger charge is 2.35. The third-order valence-corrected chi connectivity index (χ3v) is 3.62. The smallest absolute Gasteiger partial charge is 0.324 e. The molecule has 0 bridgehead atoms. The van der Waals surface area contributed by atoms with Gasteiger partial charge >= 0.3 is 5.97 Å². The quantitative estimate of drug-likeness (QED) is 0.642.